The van der Waals surface area contributed by atoms with Crippen LogP contribution >= 0.6 is 24.0 Å². The Balaban J connectivity index is 0.00000312. The highest BCUT2D eigenvalue weighted by Gasteiger charge is 2.21. The summed E-state index contributed by atoms with van der Waals surface area (Å²) in [4.78, 5) is 7.28. The summed E-state index contributed by atoms with van der Waals surface area (Å²) in [7, 11) is 0. The van der Waals surface area contributed by atoms with E-state index in [1.807, 2.05) is 0 Å². The van der Waals surface area contributed by atoms with Gasteiger partial charge in [0.05, 0.1) is 6.10 Å². The molecule has 6 heteroatoms. The lowest BCUT2D eigenvalue weighted by Gasteiger charge is -2.35. The van der Waals surface area contributed by atoms with Crippen molar-refractivity contribution < 1.29 is 4.74 Å². The lowest BCUT2D eigenvalue weighted by molar-refractivity contribution is 0.0579. The Bertz CT molecular complexity index is 364. The highest BCUT2D eigenvalue weighted by Crippen LogP contribution is 2.20. The molecule has 0 atom stereocenters. The molecular formula is C19H39IN4O. The van der Waals surface area contributed by atoms with Crippen LogP contribution in [0.1, 0.15) is 65.7 Å². The number of hydrogen-bond acceptors (Lipinski definition) is 3. The van der Waals surface area contributed by atoms with E-state index in [-0.39, 0.29) is 24.0 Å². The minimum atomic E-state index is 0. The standard InChI is InChI=1S/C19H38N4O.HI/c1-4-20-19(21-12-7-15-24-18-8-5-6-9-18)22-17-10-13-23(14-11-17)16(2)3;/h16-18H,4-15H2,1-3H3,(H2,20,21,22);1H. The monoisotopic (exact) mass is 466 g/mol. The minimum Gasteiger partial charge on any atom is -0.378 e. The summed E-state index contributed by atoms with van der Waals surface area (Å²) in [6, 6.07) is 1.21. The minimum absolute atomic E-state index is 0. The molecule has 1 heterocycles. The predicted molar refractivity (Wildman–Crippen MR) is 117 cm³/mol. The zero-order valence-corrected chi connectivity index (χ0v) is 18.8. The van der Waals surface area contributed by atoms with Gasteiger partial charge in [0.25, 0.3) is 0 Å². The molecule has 2 aliphatic rings. The van der Waals surface area contributed by atoms with Crippen LogP contribution in [-0.2, 0) is 4.74 Å². The number of likely N-dealkylation sites (tertiary alicyclic amines) is 1. The number of ether oxygens (including phenoxy) is 1. The van der Waals surface area contributed by atoms with Gasteiger partial charge in [-0.05, 0) is 52.9 Å². The molecule has 1 aliphatic heterocycles. The number of hydrogen-bond donors (Lipinski definition) is 2. The van der Waals surface area contributed by atoms with Gasteiger partial charge in [0.1, 0.15) is 0 Å². The fourth-order valence-corrected chi connectivity index (χ4v) is 3.63. The first kappa shape index (κ1) is 23.0. The van der Waals surface area contributed by atoms with E-state index in [4.69, 9.17) is 9.73 Å². The molecule has 2 fully saturated rings. The molecule has 0 radical (unpaired) electrons. The van der Waals surface area contributed by atoms with Crippen molar-refractivity contribution in [3.63, 3.8) is 0 Å². The fraction of sp³-hybridized carbons (Fsp3) is 0.947. The molecule has 0 aromatic carbocycles. The van der Waals surface area contributed by atoms with Gasteiger partial charge in [-0.15, -0.1) is 24.0 Å². The predicted octanol–water partition coefficient (Wildman–Crippen LogP) is 3.38. The van der Waals surface area contributed by atoms with Crippen LogP contribution in [0, 0.1) is 0 Å². The van der Waals surface area contributed by atoms with E-state index in [1.165, 1.54) is 51.6 Å². The van der Waals surface area contributed by atoms with Crippen molar-refractivity contribution in [2.75, 3.05) is 32.8 Å². The average molecular weight is 466 g/mol. The molecule has 0 spiro atoms. The number of aliphatic imine (C=N–C) groups is 1. The van der Waals surface area contributed by atoms with E-state index in [2.05, 4.69) is 36.3 Å². The van der Waals surface area contributed by atoms with Crippen LogP contribution in [0.15, 0.2) is 4.99 Å². The van der Waals surface area contributed by atoms with Crippen molar-refractivity contribution in [2.24, 2.45) is 4.99 Å². The quantitative estimate of drug-likeness (QED) is 0.249. The molecule has 0 aromatic heterocycles. The highest BCUT2D eigenvalue weighted by atomic mass is 127. The van der Waals surface area contributed by atoms with E-state index in [1.54, 1.807) is 0 Å². The van der Waals surface area contributed by atoms with Crippen molar-refractivity contribution in [3.05, 3.63) is 0 Å². The van der Waals surface area contributed by atoms with E-state index in [0.717, 1.165) is 32.1 Å². The second-order valence-corrected chi connectivity index (χ2v) is 7.44. The lowest BCUT2D eigenvalue weighted by Crippen LogP contribution is -2.49. The summed E-state index contributed by atoms with van der Waals surface area (Å²) in [5, 5.41) is 7.00. The maximum atomic E-state index is 5.91. The molecule has 1 saturated carbocycles. The van der Waals surface area contributed by atoms with Crippen LogP contribution < -0.4 is 10.6 Å². The third-order valence-corrected chi connectivity index (χ3v) is 5.17. The first-order valence-electron chi connectivity index (χ1n) is 10.1. The number of halogens is 1. The van der Waals surface area contributed by atoms with Crippen LogP contribution in [0.2, 0.25) is 0 Å². The van der Waals surface area contributed by atoms with Crippen molar-refractivity contribution in [3.8, 4) is 0 Å². The van der Waals surface area contributed by atoms with Crippen LogP contribution in [0.5, 0.6) is 0 Å². The number of nitrogens with one attached hydrogen (secondary N) is 2. The summed E-state index contributed by atoms with van der Waals surface area (Å²) in [6.45, 7) is 11.7. The van der Waals surface area contributed by atoms with E-state index in [0.29, 0.717) is 18.2 Å². The van der Waals surface area contributed by atoms with E-state index in [9.17, 15) is 0 Å². The first-order valence-corrected chi connectivity index (χ1v) is 10.1. The highest BCUT2D eigenvalue weighted by molar-refractivity contribution is 14.0. The summed E-state index contributed by atoms with van der Waals surface area (Å²) in [5.74, 6) is 0.973. The second-order valence-electron chi connectivity index (χ2n) is 7.44. The van der Waals surface area contributed by atoms with Gasteiger partial charge in [-0.2, -0.15) is 0 Å². The molecule has 0 bridgehead atoms. The number of piperidine rings is 1. The largest absolute Gasteiger partial charge is 0.378 e. The van der Waals surface area contributed by atoms with Crippen molar-refractivity contribution in [1.29, 1.82) is 0 Å². The molecule has 0 unspecified atom stereocenters. The summed E-state index contributed by atoms with van der Waals surface area (Å²) >= 11 is 0. The van der Waals surface area contributed by atoms with Crippen molar-refractivity contribution in [1.82, 2.24) is 15.5 Å². The van der Waals surface area contributed by atoms with Gasteiger partial charge >= 0.3 is 0 Å². The molecule has 5 nitrogen and oxygen atoms in total. The summed E-state index contributed by atoms with van der Waals surface area (Å²) in [6.07, 6.45) is 9.12. The Morgan fingerprint density at radius 2 is 1.84 bits per heavy atom. The van der Waals surface area contributed by atoms with Gasteiger partial charge < -0.3 is 20.3 Å². The Morgan fingerprint density at radius 1 is 1.16 bits per heavy atom. The number of rotatable bonds is 8. The summed E-state index contributed by atoms with van der Waals surface area (Å²) < 4.78 is 5.91. The third-order valence-electron chi connectivity index (χ3n) is 5.17. The van der Waals surface area contributed by atoms with Gasteiger partial charge in [0.15, 0.2) is 5.96 Å². The number of nitrogens with zero attached hydrogens (tertiary/aromatic N) is 2. The van der Waals surface area contributed by atoms with E-state index >= 15 is 0 Å². The van der Waals surface area contributed by atoms with Crippen LogP contribution in [-0.4, -0.2) is 61.8 Å². The Kier molecular flexibility index (Phi) is 12.1. The van der Waals surface area contributed by atoms with Gasteiger partial charge in [0.2, 0.25) is 0 Å². The smallest absolute Gasteiger partial charge is 0.191 e. The zero-order chi connectivity index (χ0) is 17.2. The molecule has 2 rings (SSSR count). The molecule has 148 valence electrons. The Hall–Kier alpha value is -0.0800. The molecule has 1 aliphatic carbocycles. The summed E-state index contributed by atoms with van der Waals surface area (Å²) in [5.41, 5.74) is 0. The maximum absolute atomic E-state index is 5.91. The normalized spacial score (nSPS) is 20.7. The molecule has 1 saturated heterocycles. The number of guanidine groups is 1. The Morgan fingerprint density at radius 3 is 2.44 bits per heavy atom. The topological polar surface area (TPSA) is 48.9 Å². The molecular weight excluding hydrogens is 427 g/mol. The molecule has 2 N–H and O–H groups in total. The zero-order valence-electron chi connectivity index (χ0n) is 16.4. The lowest BCUT2D eigenvalue weighted by atomic mass is 10.0. The van der Waals surface area contributed by atoms with Gasteiger partial charge in [-0.3, -0.25) is 4.99 Å². The van der Waals surface area contributed by atoms with Crippen LogP contribution in [0.3, 0.4) is 0 Å². The van der Waals surface area contributed by atoms with E-state index < -0.39 is 0 Å². The first-order chi connectivity index (χ1) is 11.7. The molecule has 25 heavy (non-hydrogen) atoms. The SMILES string of the molecule is CCNC(=NCCCOC1CCCC1)NC1CCN(C(C)C)CC1.I. The van der Waals surface area contributed by atoms with Crippen LogP contribution in [0.4, 0.5) is 0 Å². The molecule has 0 aromatic rings. The molecule has 0 amide bonds. The maximum Gasteiger partial charge on any atom is 0.191 e. The average Bonchev–Trinajstić information content (AvgIpc) is 3.08. The second kappa shape index (κ2) is 13.1. The van der Waals surface area contributed by atoms with Gasteiger partial charge in [0, 0.05) is 44.9 Å². The Labute approximate surface area is 171 Å². The van der Waals surface area contributed by atoms with Gasteiger partial charge in [-0.25, -0.2) is 0 Å². The fourth-order valence-electron chi connectivity index (χ4n) is 3.63. The van der Waals surface area contributed by atoms with Crippen molar-refractivity contribution >= 4 is 29.9 Å². The van der Waals surface area contributed by atoms with Crippen molar-refractivity contribution in [2.45, 2.75) is 83.9 Å². The van der Waals surface area contributed by atoms with Crippen LogP contribution in [0.25, 0.3) is 0 Å². The van der Waals surface area contributed by atoms with Gasteiger partial charge in [-0.1, -0.05) is 12.8 Å². The third kappa shape index (κ3) is 8.91.